The highest BCUT2D eigenvalue weighted by atomic mass is 32.1. The third-order valence-corrected chi connectivity index (χ3v) is 6.70. The molecule has 4 aromatic rings. The summed E-state index contributed by atoms with van der Waals surface area (Å²) in [6.45, 7) is 6.20. The van der Waals surface area contributed by atoms with Crippen molar-refractivity contribution < 1.29 is 4.79 Å². The van der Waals surface area contributed by atoms with Crippen LogP contribution in [0, 0.1) is 6.92 Å². The third-order valence-electron chi connectivity index (χ3n) is 5.55. The number of carbonyl (C=O) groups excluding carboxylic acids is 1. The summed E-state index contributed by atoms with van der Waals surface area (Å²) >= 11 is 1.42. The largest absolute Gasteiger partial charge is 0.352 e. The van der Waals surface area contributed by atoms with E-state index in [1.165, 1.54) is 11.3 Å². The third kappa shape index (κ3) is 4.14. The van der Waals surface area contributed by atoms with E-state index in [0.717, 1.165) is 52.6 Å². The van der Waals surface area contributed by atoms with Gasteiger partial charge in [-0.25, -0.2) is 9.97 Å². The Kier molecular flexibility index (Phi) is 5.69. The smallest absolute Gasteiger partial charge is 0.261 e. The Bertz CT molecular complexity index is 1360. The van der Waals surface area contributed by atoms with Crippen LogP contribution >= 0.6 is 11.3 Å². The maximum absolute atomic E-state index is 12.4. The van der Waals surface area contributed by atoms with Crippen LogP contribution in [0.15, 0.2) is 36.9 Å². The van der Waals surface area contributed by atoms with Crippen LogP contribution in [0.1, 0.15) is 34.3 Å². The van der Waals surface area contributed by atoms with Crippen molar-refractivity contribution in [3.63, 3.8) is 0 Å². The zero-order chi connectivity index (χ0) is 22.9. The molecule has 0 saturated carbocycles. The van der Waals surface area contributed by atoms with Gasteiger partial charge < -0.3 is 16.0 Å². The van der Waals surface area contributed by atoms with Gasteiger partial charge in [-0.15, -0.1) is 11.3 Å². The summed E-state index contributed by atoms with van der Waals surface area (Å²) in [7, 11) is 1.90. The van der Waals surface area contributed by atoms with Crippen molar-refractivity contribution in [1.29, 1.82) is 0 Å². The molecule has 3 N–H and O–H groups in total. The molecular weight excluding hydrogens is 436 g/mol. The van der Waals surface area contributed by atoms with Crippen molar-refractivity contribution in [3.05, 3.63) is 53.1 Å². The maximum Gasteiger partial charge on any atom is 0.261 e. The van der Waals surface area contributed by atoms with Crippen LogP contribution < -0.4 is 16.0 Å². The van der Waals surface area contributed by atoms with Gasteiger partial charge in [0.25, 0.3) is 5.91 Å². The van der Waals surface area contributed by atoms with Crippen LogP contribution in [0.4, 0.5) is 10.8 Å². The highest BCUT2D eigenvalue weighted by molar-refractivity contribution is 7.18. The molecule has 0 atom stereocenters. The fourth-order valence-corrected chi connectivity index (χ4v) is 4.95. The summed E-state index contributed by atoms with van der Waals surface area (Å²) in [5.41, 5.74) is 5.61. The predicted molar refractivity (Wildman–Crippen MR) is 131 cm³/mol. The molecular formula is C23H26N8OS. The quantitative estimate of drug-likeness (QED) is 0.406. The summed E-state index contributed by atoms with van der Waals surface area (Å²) in [6, 6.07) is 1.98. The number of aryl methyl sites for hydroxylation is 2. The molecule has 10 heteroatoms. The second-order valence-corrected chi connectivity index (χ2v) is 9.07. The minimum Gasteiger partial charge on any atom is -0.352 e. The van der Waals surface area contributed by atoms with Crippen LogP contribution in [0.3, 0.4) is 0 Å². The van der Waals surface area contributed by atoms with E-state index in [2.05, 4.69) is 36.5 Å². The first-order chi connectivity index (χ1) is 16.0. The molecule has 33 heavy (non-hydrogen) atoms. The lowest BCUT2D eigenvalue weighted by atomic mass is 10.1. The van der Waals surface area contributed by atoms with Gasteiger partial charge in [-0.2, -0.15) is 5.10 Å². The monoisotopic (exact) mass is 462 g/mol. The van der Waals surface area contributed by atoms with E-state index in [1.807, 2.05) is 51.7 Å². The molecule has 5 heterocycles. The van der Waals surface area contributed by atoms with Gasteiger partial charge in [0.15, 0.2) is 11.5 Å². The summed E-state index contributed by atoms with van der Waals surface area (Å²) in [5, 5.41) is 14.9. The molecule has 0 saturated heterocycles. The number of rotatable bonds is 6. The number of aromatic nitrogens is 5. The number of imidazole rings is 1. The summed E-state index contributed by atoms with van der Waals surface area (Å²) in [6.07, 6.45) is 10.9. The molecule has 170 valence electrons. The van der Waals surface area contributed by atoms with Gasteiger partial charge in [0.05, 0.1) is 33.7 Å². The van der Waals surface area contributed by atoms with Crippen LogP contribution in [0.5, 0.6) is 0 Å². The first-order valence-corrected chi connectivity index (χ1v) is 11.8. The minimum atomic E-state index is -0.0574. The highest BCUT2D eigenvalue weighted by Gasteiger charge is 2.19. The molecule has 9 nitrogen and oxygen atoms in total. The minimum absolute atomic E-state index is 0.0574. The van der Waals surface area contributed by atoms with Crippen molar-refractivity contribution in [2.75, 3.05) is 25.0 Å². The highest BCUT2D eigenvalue weighted by Crippen LogP contribution is 2.32. The molecule has 0 aromatic carbocycles. The predicted octanol–water partition coefficient (Wildman–Crippen LogP) is 3.37. The Morgan fingerprint density at radius 3 is 2.91 bits per heavy atom. The van der Waals surface area contributed by atoms with Gasteiger partial charge in [-0.1, -0.05) is 6.08 Å². The van der Waals surface area contributed by atoms with E-state index in [-0.39, 0.29) is 5.91 Å². The number of hydrogen-bond donors (Lipinski definition) is 3. The second-order valence-electron chi connectivity index (χ2n) is 8.02. The molecule has 0 unspecified atom stereocenters. The van der Waals surface area contributed by atoms with Gasteiger partial charge in [0, 0.05) is 38.1 Å². The SMILES string of the molecule is CCNC(=O)c1sc(Nc2nc(C3=CCCNC3)cn3c(-c4cnn(C)c4)cnc23)cc1C. The van der Waals surface area contributed by atoms with Crippen LogP contribution in [-0.4, -0.2) is 49.7 Å². The number of thiophene rings is 1. The van der Waals surface area contributed by atoms with E-state index in [9.17, 15) is 4.79 Å². The lowest BCUT2D eigenvalue weighted by Crippen LogP contribution is -2.22. The Balaban J connectivity index is 1.60. The Labute approximate surface area is 195 Å². The second kappa shape index (κ2) is 8.80. The van der Waals surface area contributed by atoms with Crippen LogP contribution in [0.2, 0.25) is 0 Å². The number of anilines is 2. The number of amides is 1. The maximum atomic E-state index is 12.4. The van der Waals surface area contributed by atoms with Crippen molar-refractivity contribution in [2.24, 2.45) is 7.05 Å². The number of carbonyl (C=O) groups is 1. The first kappa shape index (κ1) is 21.4. The van der Waals surface area contributed by atoms with Gasteiger partial charge in [-0.3, -0.25) is 13.9 Å². The van der Waals surface area contributed by atoms with Gasteiger partial charge in [0.2, 0.25) is 0 Å². The van der Waals surface area contributed by atoms with Crippen LogP contribution in [0.25, 0.3) is 22.5 Å². The molecule has 0 aliphatic carbocycles. The van der Waals surface area contributed by atoms with Crippen molar-refractivity contribution in [2.45, 2.75) is 20.3 Å². The number of nitrogens with one attached hydrogen (secondary N) is 3. The van der Waals surface area contributed by atoms with Gasteiger partial charge in [-0.05, 0) is 44.0 Å². The van der Waals surface area contributed by atoms with Gasteiger partial charge in [0.1, 0.15) is 0 Å². The van der Waals surface area contributed by atoms with Crippen molar-refractivity contribution in [3.8, 4) is 11.3 Å². The molecule has 0 fully saturated rings. The molecule has 1 aliphatic heterocycles. The fourth-order valence-electron chi connectivity index (χ4n) is 3.96. The number of hydrogen-bond acceptors (Lipinski definition) is 7. The number of fused-ring (bicyclic) bond motifs is 1. The molecule has 0 bridgehead atoms. The van der Waals surface area contributed by atoms with E-state index in [0.29, 0.717) is 22.9 Å². The molecule has 1 aliphatic rings. The summed E-state index contributed by atoms with van der Waals surface area (Å²) in [5.74, 6) is 0.593. The number of nitrogens with zero attached hydrogens (tertiary/aromatic N) is 5. The van der Waals surface area contributed by atoms with Crippen molar-refractivity contribution in [1.82, 2.24) is 34.8 Å². The lowest BCUT2D eigenvalue weighted by Gasteiger charge is -2.16. The standard InChI is InChI=1S/C23H26N8OS/c1-4-25-23(32)20-14(2)8-19(33-20)29-21-22-26-11-18(16-10-27-30(3)12-16)31(22)13-17(28-21)15-6-5-7-24-9-15/h6,8,10-13,24H,4-5,7,9H2,1-3H3,(H,25,32)(H,28,29). The Morgan fingerprint density at radius 1 is 1.30 bits per heavy atom. The van der Waals surface area contributed by atoms with Gasteiger partial charge >= 0.3 is 0 Å². The van der Waals surface area contributed by atoms with E-state index in [4.69, 9.17) is 4.98 Å². The zero-order valence-corrected chi connectivity index (χ0v) is 19.7. The van der Waals surface area contributed by atoms with Crippen molar-refractivity contribution >= 4 is 39.3 Å². The normalized spacial score (nSPS) is 13.8. The lowest BCUT2D eigenvalue weighted by molar-refractivity contribution is 0.0959. The molecule has 0 spiro atoms. The summed E-state index contributed by atoms with van der Waals surface area (Å²) in [4.78, 5) is 22.7. The zero-order valence-electron chi connectivity index (χ0n) is 18.8. The average molecular weight is 463 g/mol. The summed E-state index contributed by atoms with van der Waals surface area (Å²) < 4.78 is 3.84. The molecule has 0 radical (unpaired) electrons. The first-order valence-electron chi connectivity index (χ1n) is 11.0. The Morgan fingerprint density at radius 2 is 2.18 bits per heavy atom. The fraction of sp³-hybridized carbons (Fsp3) is 0.304. The van der Waals surface area contributed by atoms with E-state index >= 15 is 0 Å². The average Bonchev–Trinajstić information content (AvgIpc) is 3.52. The van der Waals surface area contributed by atoms with E-state index in [1.54, 1.807) is 4.68 Å². The molecule has 4 aromatic heterocycles. The van der Waals surface area contributed by atoms with Crippen LogP contribution in [-0.2, 0) is 7.05 Å². The Hall–Kier alpha value is -3.50. The topological polar surface area (TPSA) is 101 Å². The molecule has 5 rings (SSSR count). The molecule has 1 amide bonds. The van der Waals surface area contributed by atoms with E-state index < -0.39 is 0 Å².